The Hall–Kier alpha value is -1.16. The Balaban J connectivity index is 0.00000392. The first-order valence-electron chi connectivity index (χ1n) is 9.79. The van der Waals surface area contributed by atoms with Crippen LogP contribution < -0.4 is 10.6 Å². The molecule has 158 valence electrons. The molecule has 8 heteroatoms. The number of guanidine groups is 1. The molecule has 0 amide bonds. The average molecular weight is 521 g/mol. The predicted molar refractivity (Wildman–Crippen MR) is 125 cm³/mol. The Morgan fingerprint density at radius 1 is 1.18 bits per heavy atom. The molecule has 0 saturated heterocycles. The summed E-state index contributed by atoms with van der Waals surface area (Å²) in [5.74, 6) is 1.20. The number of rotatable bonds is 8. The molecular weight excluding hydrogens is 489 g/mol. The van der Waals surface area contributed by atoms with Crippen molar-refractivity contribution in [2.45, 2.75) is 50.5 Å². The summed E-state index contributed by atoms with van der Waals surface area (Å²) in [6.45, 7) is 5.57. The van der Waals surface area contributed by atoms with Crippen molar-refractivity contribution in [3.8, 4) is 0 Å². The maximum absolute atomic E-state index is 12.3. The van der Waals surface area contributed by atoms with Gasteiger partial charge in [0.1, 0.15) is 0 Å². The van der Waals surface area contributed by atoms with Crippen molar-refractivity contribution < 1.29 is 13.7 Å². The van der Waals surface area contributed by atoms with Crippen molar-refractivity contribution in [3.63, 3.8) is 0 Å². The first-order valence-corrected chi connectivity index (χ1v) is 11.1. The highest BCUT2D eigenvalue weighted by molar-refractivity contribution is 14.0. The van der Waals surface area contributed by atoms with Gasteiger partial charge in [-0.2, -0.15) is 0 Å². The lowest BCUT2D eigenvalue weighted by Crippen LogP contribution is -2.45. The van der Waals surface area contributed by atoms with Crippen LogP contribution in [0.15, 0.2) is 40.2 Å². The fourth-order valence-corrected chi connectivity index (χ4v) is 4.13. The fourth-order valence-electron chi connectivity index (χ4n) is 3.18. The topological polar surface area (TPSA) is 79.8 Å². The number of halogens is 1. The molecule has 1 aliphatic rings. The second kappa shape index (κ2) is 13.9. The fraction of sp³-hybridized carbons (Fsp3) is 0.600. The predicted octanol–water partition coefficient (Wildman–Crippen LogP) is 3.09. The van der Waals surface area contributed by atoms with E-state index in [1.807, 2.05) is 44.2 Å². The molecule has 1 fully saturated rings. The summed E-state index contributed by atoms with van der Waals surface area (Å²) in [7, 11) is -1.04. The van der Waals surface area contributed by atoms with E-state index in [1.54, 1.807) is 0 Å². The van der Waals surface area contributed by atoms with Gasteiger partial charge in [-0.05, 0) is 51.7 Å². The quantitative estimate of drug-likeness (QED) is 0.238. The molecule has 6 nitrogen and oxygen atoms in total. The molecule has 1 aromatic carbocycles. The van der Waals surface area contributed by atoms with Gasteiger partial charge < -0.3 is 15.4 Å². The summed E-state index contributed by atoms with van der Waals surface area (Å²) < 4.78 is 17.4. The number of carbonyl (C=O) groups is 1. The van der Waals surface area contributed by atoms with Crippen molar-refractivity contribution in [2.24, 2.45) is 10.9 Å². The Bertz CT molecular complexity index is 635. The number of nitrogens with one attached hydrogen (secondary N) is 2. The van der Waals surface area contributed by atoms with Crippen LogP contribution in [0.3, 0.4) is 0 Å². The first kappa shape index (κ1) is 24.9. The first-order chi connectivity index (χ1) is 13.1. The van der Waals surface area contributed by atoms with Gasteiger partial charge in [-0.1, -0.05) is 18.2 Å². The van der Waals surface area contributed by atoms with E-state index in [0.29, 0.717) is 24.9 Å². The van der Waals surface area contributed by atoms with Crippen molar-refractivity contribution in [3.05, 3.63) is 30.3 Å². The molecule has 0 radical (unpaired) electrons. The molecule has 1 aromatic rings. The number of hydrogen-bond donors (Lipinski definition) is 2. The van der Waals surface area contributed by atoms with E-state index < -0.39 is 10.8 Å². The van der Waals surface area contributed by atoms with Gasteiger partial charge in [0.15, 0.2) is 5.96 Å². The monoisotopic (exact) mass is 521 g/mol. The average Bonchev–Trinajstić information content (AvgIpc) is 2.69. The van der Waals surface area contributed by atoms with E-state index in [-0.39, 0.29) is 35.9 Å². The van der Waals surface area contributed by atoms with Crippen LogP contribution in [0, 0.1) is 5.92 Å². The number of benzene rings is 1. The molecule has 1 aliphatic carbocycles. The third-order valence-corrected chi connectivity index (χ3v) is 5.94. The largest absolute Gasteiger partial charge is 0.466 e. The van der Waals surface area contributed by atoms with Crippen LogP contribution >= 0.6 is 24.0 Å². The lowest BCUT2D eigenvalue weighted by molar-refractivity contribution is -0.149. The molecule has 0 bridgehead atoms. The molecule has 1 unspecified atom stereocenters. The van der Waals surface area contributed by atoms with Crippen molar-refractivity contribution in [1.29, 1.82) is 0 Å². The summed E-state index contributed by atoms with van der Waals surface area (Å²) in [6.07, 6.45) is 3.52. The molecule has 1 atom stereocenters. The number of esters is 1. The minimum absolute atomic E-state index is 0. The van der Waals surface area contributed by atoms with Gasteiger partial charge in [-0.3, -0.25) is 14.0 Å². The van der Waals surface area contributed by atoms with Gasteiger partial charge >= 0.3 is 5.97 Å². The second-order valence-corrected chi connectivity index (χ2v) is 8.14. The smallest absolute Gasteiger partial charge is 0.308 e. The SMILES string of the molecule is CCNC(=NCCS(=O)c1ccccc1)NC1CCC(C(=O)OCC)CC1.I. The van der Waals surface area contributed by atoms with Crippen LogP contribution in [0.25, 0.3) is 0 Å². The molecule has 0 aromatic heterocycles. The third kappa shape index (κ3) is 8.46. The lowest BCUT2D eigenvalue weighted by Gasteiger charge is -2.29. The lowest BCUT2D eigenvalue weighted by atomic mass is 9.86. The molecule has 0 heterocycles. The van der Waals surface area contributed by atoms with Gasteiger partial charge in [-0.15, -0.1) is 24.0 Å². The van der Waals surface area contributed by atoms with E-state index in [2.05, 4.69) is 15.6 Å². The van der Waals surface area contributed by atoms with Gasteiger partial charge in [0, 0.05) is 23.2 Å². The standard InChI is InChI=1S/C20H31N3O3S.HI/c1-3-21-20(22-14-15-27(25)18-8-6-5-7-9-18)23-17-12-10-16(11-13-17)19(24)26-4-2;/h5-9,16-17H,3-4,10-15H2,1-2H3,(H2,21,22,23);1H. The minimum Gasteiger partial charge on any atom is -0.466 e. The van der Waals surface area contributed by atoms with Crippen LogP contribution in [-0.4, -0.2) is 47.6 Å². The van der Waals surface area contributed by atoms with Crippen LogP contribution in [0.4, 0.5) is 0 Å². The summed E-state index contributed by atoms with van der Waals surface area (Å²) in [5, 5.41) is 6.70. The Morgan fingerprint density at radius 2 is 1.86 bits per heavy atom. The molecule has 0 aliphatic heterocycles. The zero-order chi connectivity index (χ0) is 19.5. The molecular formula is C20H32IN3O3S. The number of carbonyl (C=O) groups excluding carboxylic acids is 1. The summed E-state index contributed by atoms with van der Waals surface area (Å²) >= 11 is 0. The highest BCUT2D eigenvalue weighted by Crippen LogP contribution is 2.25. The Morgan fingerprint density at radius 3 is 2.46 bits per heavy atom. The number of nitrogens with zero attached hydrogens (tertiary/aromatic N) is 1. The highest BCUT2D eigenvalue weighted by Gasteiger charge is 2.27. The normalized spacial score (nSPS) is 20.6. The molecule has 28 heavy (non-hydrogen) atoms. The minimum atomic E-state index is -1.04. The number of ether oxygens (including phenoxy) is 1. The zero-order valence-corrected chi connectivity index (χ0v) is 19.8. The van der Waals surface area contributed by atoms with Crippen molar-refractivity contribution in [1.82, 2.24) is 10.6 Å². The van der Waals surface area contributed by atoms with E-state index in [4.69, 9.17) is 4.74 Å². The van der Waals surface area contributed by atoms with Crippen LogP contribution in [-0.2, 0) is 20.3 Å². The molecule has 0 spiro atoms. The van der Waals surface area contributed by atoms with Crippen LogP contribution in [0.2, 0.25) is 0 Å². The third-order valence-electron chi connectivity index (χ3n) is 4.58. The maximum Gasteiger partial charge on any atom is 0.308 e. The van der Waals surface area contributed by atoms with Crippen molar-refractivity contribution in [2.75, 3.05) is 25.4 Å². The Kier molecular flexibility index (Phi) is 12.4. The molecule has 2 N–H and O–H groups in total. The van der Waals surface area contributed by atoms with Gasteiger partial charge in [0.25, 0.3) is 0 Å². The van der Waals surface area contributed by atoms with E-state index in [1.165, 1.54) is 0 Å². The van der Waals surface area contributed by atoms with Crippen LogP contribution in [0.1, 0.15) is 39.5 Å². The second-order valence-electron chi connectivity index (χ2n) is 6.57. The number of aliphatic imine (C=N–C) groups is 1. The van der Waals surface area contributed by atoms with Gasteiger partial charge in [0.2, 0.25) is 0 Å². The summed E-state index contributed by atoms with van der Waals surface area (Å²) in [4.78, 5) is 17.2. The van der Waals surface area contributed by atoms with Gasteiger partial charge in [0.05, 0.1) is 29.9 Å². The summed E-state index contributed by atoms with van der Waals surface area (Å²) in [5.41, 5.74) is 0. The zero-order valence-electron chi connectivity index (χ0n) is 16.7. The summed E-state index contributed by atoms with van der Waals surface area (Å²) in [6, 6.07) is 9.77. The van der Waals surface area contributed by atoms with Crippen LogP contribution in [0.5, 0.6) is 0 Å². The highest BCUT2D eigenvalue weighted by atomic mass is 127. The van der Waals surface area contributed by atoms with Crippen molar-refractivity contribution >= 4 is 46.7 Å². The van der Waals surface area contributed by atoms with Gasteiger partial charge in [-0.25, -0.2) is 0 Å². The van der Waals surface area contributed by atoms with E-state index >= 15 is 0 Å². The maximum atomic E-state index is 12.3. The molecule has 2 rings (SSSR count). The number of hydrogen-bond acceptors (Lipinski definition) is 4. The van der Waals surface area contributed by atoms with E-state index in [0.717, 1.165) is 43.1 Å². The molecule has 1 saturated carbocycles. The Labute approximate surface area is 187 Å². The van der Waals surface area contributed by atoms with E-state index in [9.17, 15) is 9.00 Å².